The van der Waals surface area contributed by atoms with Crippen molar-refractivity contribution < 1.29 is 4.79 Å². The molecule has 0 spiro atoms. The first-order chi connectivity index (χ1) is 8.47. The predicted molar refractivity (Wildman–Crippen MR) is 71.4 cm³/mol. The summed E-state index contributed by atoms with van der Waals surface area (Å²) in [6, 6.07) is 2.27. The van der Waals surface area contributed by atoms with E-state index in [2.05, 4.69) is 24.1 Å². The van der Waals surface area contributed by atoms with E-state index >= 15 is 0 Å². The molecule has 1 unspecified atom stereocenters. The molecule has 18 heavy (non-hydrogen) atoms. The van der Waals surface area contributed by atoms with Gasteiger partial charge in [0.1, 0.15) is 0 Å². The Labute approximate surface area is 108 Å². The van der Waals surface area contributed by atoms with Crippen molar-refractivity contribution in [3.05, 3.63) is 24.0 Å². The fraction of sp³-hybridized carbons (Fsp3) is 0.615. The summed E-state index contributed by atoms with van der Waals surface area (Å²) < 4.78 is 0. The molecule has 1 aliphatic rings. The minimum Gasteiger partial charge on any atom is -0.367 e. The van der Waals surface area contributed by atoms with Crippen LogP contribution in [0.1, 0.15) is 25.5 Å². The third kappa shape index (κ3) is 2.10. The number of aromatic amines is 1. The third-order valence-corrected chi connectivity index (χ3v) is 3.70. The molecule has 0 aromatic carbocycles. The molecule has 2 amide bonds. The summed E-state index contributed by atoms with van der Waals surface area (Å²) in [6.07, 6.45) is 3.86. The summed E-state index contributed by atoms with van der Waals surface area (Å²) in [5.74, 6) is 0. The van der Waals surface area contributed by atoms with Crippen molar-refractivity contribution in [3.8, 4) is 0 Å². The zero-order chi connectivity index (χ0) is 13.3. The highest BCUT2D eigenvalue weighted by Crippen LogP contribution is 2.32. The molecule has 2 rings (SSSR count). The molecule has 1 aliphatic heterocycles. The average molecular weight is 250 g/mol. The largest absolute Gasteiger partial charge is 0.367 e. The van der Waals surface area contributed by atoms with Crippen LogP contribution in [-0.4, -0.2) is 53.5 Å². The van der Waals surface area contributed by atoms with Crippen molar-refractivity contribution in [2.45, 2.75) is 25.4 Å². The van der Waals surface area contributed by atoms with Crippen molar-refractivity contribution in [1.29, 1.82) is 0 Å². The Kier molecular flexibility index (Phi) is 3.34. The van der Waals surface area contributed by atoms with Gasteiger partial charge in [0.2, 0.25) is 0 Å². The summed E-state index contributed by atoms with van der Waals surface area (Å²) in [5, 5.41) is 3.15. The van der Waals surface area contributed by atoms with Gasteiger partial charge in [0, 0.05) is 32.5 Å². The first kappa shape index (κ1) is 13.0. The van der Waals surface area contributed by atoms with Gasteiger partial charge in [-0.25, -0.2) is 4.79 Å². The van der Waals surface area contributed by atoms with E-state index in [1.165, 1.54) is 0 Å². The number of hydrogen-bond acceptors (Lipinski definition) is 2. The van der Waals surface area contributed by atoms with Crippen molar-refractivity contribution in [3.63, 3.8) is 0 Å². The van der Waals surface area contributed by atoms with Crippen molar-refractivity contribution in [2.24, 2.45) is 0 Å². The Hall–Kier alpha value is -1.49. The number of amides is 2. The predicted octanol–water partition coefficient (Wildman–Crippen LogP) is 1.42. The quantitative estimate of drug-likeness (QED) is 0.849. The van der Waals surface area contributed by atoms with Gasteiger partial charge < -0.3 is 20.1 Å². The average Bonchev–Trinajstić information content (AvgIpc) is 2.89. The monoisotopic (exact) mass is 250 g/mol. The van der Waals surface area contributed by atoms with Gasteiger partial charge in [0.05, 0.1) is 11.6 Å². The van der Waals surface area contributed by atoms with Crippen LogP contribution in [0.2, 0.25) is 0 Å². The van der Waals surface area contributed by atoms with E-state index in [1.807, 2.05) is 42.4 Å². The first-order valence-electron chi connectivity index (χ1n) is 6.29. The van der Waals surface area contributed by atoms with Crippen LogP contribution in [0.25, 0.3) is 0 Å². The minimum atomic E-state index is -0.175. The van der Waals surface area contributed by atoms with E-state index in [-0.39, 0.29) is 17.6 Å². The number of likely N-dealkylation sites (N-methyl/N-ethyl adjacent to an activating group) is 2. The van der Waals surface area contributed by atoms with Gasteiger partial charge in [0.15, 0.2) is 0 Å². The summed E-state index contributed by atoms with van der Waals surface area (Å²) in [4.78, 5) is 19.2. The van der Waals surface area contributed by atoms with Crippen LogP contribution in [-0.2, 0) is 0 Å². The highest BCUT2D eigenvalue weighted by atomic mass is 16.2. The van der Waals surface area contributed by atoms with Crippen LogP contribution < -0.4 is 5.32 Å². The van der Waals surface area contributed by atoms with Gasteiger partial charge in [-0.3, -0.25) is 0 Å². The Morgan fingerprint density at radius 3 is 2.83 bits per heavy atom. The molecule has 0 saturated carbocycles. The van der Waals surface area contributed by atoms with E-state index in [0.717, 1.165) is 18.7 Å². The first-order valence-corrected chi connectivity index (χ1v) is 6.29. The van der Waals surface area contributed by atoms with Crippen LogP contribution in [0.3, 0.4) is 0 Å². The topological polar surface area (TPSA) is 51.4 Å². The molecule has 1 atom stereocenters. The van der Waals surface area contributed by atoms with Crippen LogP contribution in [0.5, 0.6) is 0 Å². The van der Waals surface area contributed by atoms with Crippen LogP contribution in [0.15, 0.2) is 18.5 Å². The maximum absolute atomic E-state index is 12.3. The molecule has 1 saturated heterocycles. The Morgan fingerprint density at radius 1 is 1.56 bits per heavy atom. The fourth-order valence-electron chi connectivity index (χ4n) is 2.60. The number of nitrogens with one attached hydrogen (secondary N) is 2. The minimum absolute atomic E-state index is 0.0986. The Bertz CT molecular complexity index is 413. The molecule has 5 nitrogen and oxygen atoms in total. The van der Waals surface area contributed by atoms with E-state index in [9.17, 15) is 4.79 Å². The second kappa shape index (κ2) is 4.65. The molecule has 0 aliphatic carbocycles. The zero-order valence-corrected chi connectivity index (χ0v) is 11.5. The second-order valence-electron chi connectivity index (χ2n) is 5.51. The van der Waals surface area contributed by atoms with E-state index in [1.54, 1.807) is 0 Å². The number of urea groups is 1. The standard InChI is InChI=1S/C13H22N4O/c1-13(2,9-14-3)17-8-11(16(4)12(17)18)10-5-6-15-7-10/h5-7,11,14-15H,8-9H2,1-4H3. The van der Waals surface area contributed by atoms with Crippen molar-refractivity contribution >= 4 is 6.03 Å². The molecule has 0 radical (unpaired) electrons. The van der Waals surface area contributed by atoms with Crippen LogP contribution >= 0.6 is 0 Å². The van der Waals surface area contributed by atoms with E-state index in [4.69, 9.17) is 0 Å². The molecule has 5 heteroatoms. The maximum Gasteiger partial charge on any atom is 0.320 e. The van der Waals surface area contributed by atoms with Gasteiger partial charge in [-0.1, -0.05) is 0 Å². The number of carbonyl (C=O) groups is 1. The molecule has 2 heterocycles. The lowest BCUT2D eigenvalue weighted by molar-refractivity contribution is 0.149. The number of carbonyl (C=O) groups excluding carboxylic acids is 1. The molecule has 1 aromatic rings. The Morgan fingerprint density at radius 2 is 2.28 bits per heavy atom. The molecule has 2 N–H and O–H groups in total. The van der Waals surface area contributed by atoms with Gasteiger partial charge in [-0.2, -0.15) is 0 Å². The van der Waals surface area contributed by atoms with Crippen molar-refractivity contribution in [1.82, 2.24) is 20.1 Å². The summed E-state index contributed by atoms with van der Waals surface area (Å²) in [7, 11) is 3.78. The molecule has 1 fully saturated rings. The zero-order valence-electron chi connectivity index (χ0n) is 11.5. The summed E-state index contributed by atoms with van der Waals surface area (Å²) in [5.41, 5.74) is 0.985. The highest BCUT2D eigenvalue weighted by molar-refractivity contribution is 5.78. The molecule has 100 valence electrons. The van der Waals surface area contributed by atoms with E-state index < -0.39 is 0 Å². The number of H-pyrrole nitrogens is 1. The van der Waals surface area contributed by atoms with Crippen molar-refractivity contribution in [2.75, 3.05) is 27.2 Å². The fourth-order valence-corrected chi connectivity index (χ4v) is 2.60. The second-order valence-corrected chi connectivity index (χ2v) is 5.51. The lowest BCUT2D eigenvalue weighted by Crippen LogP contribution is -2.51. The number of aromatic nitrogens is 1. The highest BCUT2D eigenvalue weighted by Gasteiger charge is 2.42. The summed E-state index contributed by atoms with van der Waals surface area (Å²) >= 11 is 0. The van der Waals surface area contributed by atoms with Gasteiger partial charge in [-0.05, 0) is 32.5 Å². The lowest BCUT2D eigenvalue weighted by Gasteiger charge is -2.34. The van der Waals surface area contributed by atoms with Gasteiger partial charge in [0.25, 0.3) is 0 Å². The SMILES string of the molecule is CNCC(C)(C)N1CC(c2cc[nH]c2)N(C)C1=O. The van der Waals surface area contributed by atoms with Crippen LogP contribution in [0, 0.1) is 0 Å². The maximum atomic E-state index is 12.3. The Balaban J connectivity index is 2.20. The number of hydrogen-bond donors (Lipinski definition) is 2. The summed E-state index contributed by atoms with van der Waals surface area (Å²) in [6.45, 7) is 5.71. The smallest absolute Gasteiger partial charge is 0.320 e. The number of nitrogens with zero attached hydrogens (tertiary/aromatic N) is 2. The number of rotatable bonds is 4. The molecule has 1 aromatic heterocycles. The van der Waals surface area contributed by atoms with Gasteiger partial charge >= 0.3 is 6.03 Å². The molecule has 0 bridgehead atoms. The lowest BCUT2D eigenvalue weighted by atomic mass is 10.0. The molecular weight excluding hydrogens is 228 g/mol. The van der Waals surface area contributed by atoms with E-state index in [0.29, 0.717) is 0 Å². The molecular formula is C13H22N4O. The van der Waals surface area contributed by atoms with Crippen LogP contribution in [0.4, 0.5) is 4.79 Å². The normalized spacial score (nSPS) is 20.9. The third-order valence-electron chi connectivity index (χ3n) is 3.70. The van der Waals surface area contributed by atoms with Gasteiger partial charge in [-0.15, -0.1) is 0 Å².